The smallest absolute Gasteiger partial charge is 0.435 e. The van der Waals surface area contributed by atoms with Gasteiger partial charge in [0.2, 0.25) is 0 Å². The van der Waals surface area contributed by atoms with Crippen LogP contribution in [0.25, 0.3) is 34.2 Å². The second-order valence-electron chi connectivity index (χ2n) is 13.3. The average molecular weight is 871 g/mol. The number of rotatable bonds is 13. The maximum absolute atomic E-state index is 13.1. The van der Waals surface area contributed by atoms with Crippen LogP contribution in [0.3, 0.4) is 0 Å². The minimum atomic E-state index is -4.65. The summed E-state index contributed by atoms with van der Waals surface area (Å²) in [5.74, 6) is -1.52. The number of imidazole rings is 2. The normalized spacial score (nSPS) is 11.3. The summed E-state index contributed by atoms with van der Waals surface area (Å²) in [6.07, 6.45) is 1.40. The minimum absolute atomic E-state index is 0.0399. The maximum Gasteiger partial charge on any atom is 0.461 e. The Morgan fingerprint density at radius 1 is 0.635 bits per heavy atom. The molecule has 4 heterocycles. The number of carbonyl (C=O) groups excluding carboxylic acids is 2. The Balaban J connectivity index is 0.000000190. The SMILES string of the molecule is Cn1cncc1-c1cn(-c2cccc(C(=O)Nc3cccc(OC(F)(F)C(F)F)c3)c2)nn1.Cn1cncc1-c1cn(-c2cccc(C(=O)Nc3cccc(OC(F)F)c3)c2)nn1. The van der Waals surface area contributed by atoms with Crippen LogP contribution in [-0.2, 0) is 14.1 Å². The van der Waals surface area contributed by atoms with Gasteiger partial charge < -0.3 is 29.2 Å². The number of amides is 2. The standard InChI is InChI=1S/C21H16F4N6O2.C20H16F2N6O2/c1-30-12-26-10-18(30)17-11-31(29-28-17)15-6-2-4-13(8-15)19(32)27-14-5-3-7-16(9-14)33-21(24,25)20(22)23;1-27-12-23-10-18(27)17-11-28(26-25-17)15-6-2-4-13(8-15)19(29)24-14-5-3-7-16(9-14)30-20(21)22/h2-12,20H,1H3,(H,27,32);2-12,20H,1H3,(H,24,29). The van der Waals surface area contributed by atoms with Crippen molar-refractivity contribution in [2.75, 3.05) is 10.6 Å². The lowest BCUT2D eigenvalue weighted by Crippen LogP contribution is -2.33. The molecule has 4 aromatic heterocycles. The van der Waals surface area contributed by atoms with Gasteiger partial charge in [-0.15, -0.1) is 10.2 Å². The molecule has 22 heteroatoms. The third kappa shape index (κ3) is 10.5. The van der Waals surface area contributed by atoms with Gasteiger partial charge in [-0.05, 0) is 60.7 Å². The Morgan fingerprint density at radius 2 is 1.10 bits per heavy atom. The van der Waals surface area contributed by atoms with E-state index >= 15 is 0 Å². The van der Waals surface area contributed by atoms with Gasteiger partial charge in [0.15, 0.2) is 0 Å². The van der Waals surface area contributed by atoms with E-state index in [2.05, 4.69) is 50.7 Å². The number of nitrogens with zero attached hydrogens (tertiary/aromatic N) is 10. The Labute approximate surface area is 352 Å². The number of hydrogen-bond donors (Lipinski definition) is 2. The molecule has 63 heavy (non-hydrogen) atoms. The van der Waals surface area contributed by atoms with Crippen LogP contribution in [0.1, 0.15) is 20.7 Å². The quantitative estimate of drug-likeness (QED) is 0.109. The van der Waals surface area contributed by atoms with Crippen LogP contribution in [0, 0.1) is 0 Å². The molecule has 4 aromatic carbocycles. The van der Waals surface area contributed by atoms with Crippen molar-refractivity contribution in [3.8, 4) is 45.6 Å². The Kier molecular flexibility index (Phi) is 12.6. The van der Waals surface area contributed by atoms with Crippen LogP contribution in [0.15, 0.2) is 135 Å². The molecule has 0 saturated heterocycles. The summed E-state index contributed by atoms with van der Waals surface area (Å²) in [7, 11) is 3.68. The number of anilines is 2. The molecular weight excluding hydrogens is 839 g/mol. The van der Waals surface area contributed by atoms with Crippen molar-refractivity contribution in [1.82, 2.24) is 49.1 Å². The van der Waals surface area contributed by atoms with Crippen LogP contribution in [-0.4, -0.2) is 80.0 Å². The molecule has 16 nitrogen and oxygen atoms in total. The summed E-state index contributed by atoms with van der Waals surface area (Å²) >= 11 is 0. The molecule has 0 unspecified atom stereocenters. The molecule has 0 radical (unpaired) electrons. The summed E-state index contributed by atoms with van der Waals surface area (Å²) in [4.78, 5) is 33.4. The molecule has 322 valence electrons. The van der Waals surface area contributed by atoms with Gasteiger partial charge >= 0.3 is 19.1 Å². The van der Waals surface area contributed by atoms with Crippen molar-refractivity contribution in [2.45, 2.75) is 19.1 Å². The third-order valence-corrected chi connectivity index (χ3v) is 8.81. The molecule has 0 atom stereocenters. The van der Waals surface area contributed by atoms with Gasteiger partial charge in [0.1, 0.15) is 22.9 Å². The fourth-order valence-electron chi connectivity index (χ4n) is 5.80. The van der Waals surface area contributed by atoms with E-state index in [1.54, 1.807) is 101 Å². The summed E-state index contributed by atoms with van der Waals surface area (Å²) in [6.45, 7) is -2.94. The third-order valence-electron chi connectivity index (χ3n) is 8.81. The molecule has 0 aliphatic carbocycles. The highest BCUT2D eigenvalue weighted by Crippen LogP contribution is 2.29. The van der Waals surface area contributed by atoms with E-state index in [0.29, 0.717) is 34.0 Å². The molecule has 0 spiro atoms. The predicted molar refractivity (Wildman–Crippen MR) is 214 cm³/mol. The van der Waals surface area contributed by atoms with Crippen LogP contribution in [0.5, 0.6) is 11.5 Å². The van der Waals surface area contributed by atoms with Crippen molar-refractivity contribution in [3.63, 3.8) is 0 Å². The summed E-state index contributed by atoms with van der Waals surface area (Å²) in [5.41, 5.74) is 5.02. The Bertz CT molecular complexity index is 2860. The first-order valence-electron chi connectivity index (χ1n) is 18.3. The largest absolute Gasteiger partial charge is 0.461 e. The summed E-state index contributed by atoms with van der Waals surface area (Å²) in [5, 5.41) is 21.6. The highest BCUT2D eigenvalue weighted by atomic mass is 19.3. The average Bonchev–Trinajstić information content (AvgIpc) is 4.10. The van der Waals surface area contributed by atoms with Gasteiger partial charge in [0.05, 0.1) is 60.2 Å². The monoisotopic (exact) mass is 870 g/mol. The van der Waals surface area contributed by atoms with E-state index < -0.39 is 36.7 Å². The molecule has 2 amide bonds. The predicted octanol–water partition coefficient (Wildman–Crippen LogP) is 7.68. The zero-order valence-corrected chi connectivity index (χ0v) is 32.7. The molecule has 0 saturated carbocycles. The number of halogens is 6. The fraction of sp³-hybridized carbons (Fsp3) is 0.122. The van der Waals surface area contributed by atoms with Crippen molar-refractivity contribution in [1.29, 1.82) is 0 Å². The number of ether oxygens (including phenoxy) is 2. The van der Waals surface area contributed by atoms with E-state index in [1.807, 2.05) is 18.7 Å². The Hall–Kier alpha value is -8.30. The number of aryl methyl sites for hydroxylation is 2. The van der Waals surface area contributed by atoms with Crippen LogP contribution in [0.4, 0.5) is 37.7 Å². The summed E-state index contributed by atoms with van der Waals surface area (Å²) < 4.78 is 90.8. The second-order valence-corrected chi connectivity index (χ2v) is 13.3. The molecule has 8 aromatic rings. The van der Waals surface area contributed by atoms with Crippen molar-refractivity contribution in [3.05, 3.63) is 146 Å². The zero-order chi connectivity index (χ0) is 44.7. The molecule has 0 aliphatic heterocycles. The summed E-state index contributed by atoms with van der Waals surface area (Å²) in [6, 6.07) is 23.9. The van der Waals surface area contributed by atoms with Gasteiger partial charge in [-0.25, -0.2) is 19.3 Å². The highest BCUT2D eigenvalue weighted by molar-refractivity contribution is 6.05. The lowest BCUT2D eigenvalue weighted by atomic mass is 10.2. The second kappa shape index (κ2) is 18.5. The molecule has 2 N–H and O–H groups in total. The van der Waals surface area contributed by atoms with Crippen LogP contribution >= 0.6 is 0 Å². The lowest BCUT2D eigenvalue weighted by Gasteiger charge is -2.17. The number of aromatic nitrogens is 10. The van der Waals surface area contributed by atoms with Gasteiger partial charge in [-0.2, -0.15) is 26.3 Å². The number of carbonyl (C=O) groups is 2. The fourth-order valence-corrected chi connectivity index (χ4v) is 5.80. The van der Waals surface area contributed by atoms with Crippen molar-refractivity contribution >= 4 is 23.2 Å². The topological polar surface area (TPSA) is 174 Å². The molecule has 0 fully saturated rings. The zero-order valence-electron chi connectivity index (χ0n) is 32.7. The van der Waals surface area contributed by atoms with Gasteiger partial charge in [-0.3, -0.25) is 9.59 Å². The highest BCUT2D eigenvalue weighted by Gasteiger charge is 2.44. The number of hydrogen-bond acceptors (Lipinski definition) is 10. The first-order valence-corrected chi connectivity index (χ1v) is 18.3. The first-order chi connectivity index (χ1) is 30.2. The van der Waals surface area contributed by atoms with E-state index in [0.717, 1.165) is 23.5 Å². The van der Waals surface area contributed by atoms with E-state index in [4.69, 9.17) is 0 Å². The maximum atomic E-state index is 13.1. The van der Waals surface area contributed by atoms with E-state index in [-0.39, 0.29) is 17.0 Å². The van der Waals surface area contributed by atoms with Crippen LogP contribution in [0.2, 0.25) is 0 Å². The lowest BCUT2D eigenvalue weighted by molar-refractivity contribution is -0.253. The first kappa shape index (κ1) is 42.8. The van der Waals surface area contributed by atoms with Gasteiger partial charge in [0.25, 0.3) is 11.8 Å². The van der Waals surface area contributed by atoms with Gasteiger partial charge in [-0.1, -0.05) is 34.7 Å². The minimum Gasteiger partial charge on any atom is -0.435 e. The molecule has 8 rings (SSSR count). The van der Waals surface area contributed by atoms with E-state index in [1.165, 1.54) is 35.0 Å². The van der Waals surface area contributed by atoms with Gasteiger partial charge in [0, 0.05) is 48.7 Å². The van der Waals surface area contributed by atoms with E-state index in [9.17, 15) is 35.9 Å². The molecule has 0 aliphatic rings. The molecule has 0 bridgehead atoms. The number of benzene rings is 4. The van der Waals surface area contributed by atoms with Crippen molar-refractivity contribution < 1.29 is 45.4 Å². The Morgan fingerprint density at radius 3 is 1.54 bits per heavy atom. The number of nitrogens with one attached hydrogen (secondary N) is 2. The van der Waals surface area contributed by atoms with Crippen molar-refractivity contribution in [2.24, 2.45) is 14.1 Å². The van der Waals surface area contributed by atoms with Crippen LogP contribution < -0.4 is 20.1 Å². The number of alkyl halides is 6. The molecular formula is C41H32F6N12O4.